The minimum absolute atomic E-state index is 0.161. The number of rotatable bonds is 14. The van der Waals surface area contributed by atoms with Crippen LogP contribution in [0.25, 0.3) is 0 Å². The van der Waals surface area contributed by atoms with Gasteiger partial charge in [-0.15, -0.1) is 0 Å². The van der Waals surface area contributed by atoms with E-state index in [9.17, 15) is 24.0 Å². The molecule has 4 heterocycles. The van der Waals surface area contributed by atoms with E-state index in [0.29, 0.717) is 53.3 Å². The Bertz CT molecular complexity index is 2150. The normalized spacial score (nSPS) is 14.7. The van der Waals surface area contributed by atoms with E-state index in [4.69, 9.17) is 11.6 Å². The van der Waals surface area contributed by atoms with Crippen LogP contribution in [-0.2, 0) is 16.1 Å². The lowest BCUT2D eigenvalue weighted by Gasteiger charge is -2.29. The van der Waals surface area contributed by atoms with Crippen molar-refractivity contribution >= 4 is 58.3 Å². The number of pyridine rings is 2. The zero-order valence-corrected chi connectivity index (χ0v) is 30.9. The van der Waals surface area contributed by atoms with Crippen LogP contribution in [-0.4, -0.2) is 63.7 Å². The Labute approximate surface area is 324 Å². The molecule has 1 fully saturated rings. The monoisotopic (exact) mass is 760 g/mol. The maximum Gasteiger partial charge on any atom is 0.323 e. The number of carbonyl (C=O) groups is 5. The van der Waals surface area contributed by atoms with E-state index in [1.807, 2.05) is 24.3 Å². The number of hydrogen-bond acceptors (Lipinski definition) is 8. The topological polar surface area (TPSA) is 175 Å². The molecule has 0 bridgehead atoms. The number of nitrogens with zero attached hydrogens (tertiary/aromatic N) is 3. The number of aromatic nitrogens is 2. The Kier molecular flexibility index (Phi) is 13.1. The number of nitrogens with one attached hydrogen (secondary N) is 5. The zero-order chi connectivity index (χ0) is 38.6. The summed E-state index contributed by atoms with van der Waals surface area (Å²) in [6.45, 7) is 1.66. The molecule has 0 aliphatic carbocycles. The number of halogens is 1. The minimum Gasteiger partial charge on any atom is -0.384 e. The summed E-state index contributed by atoms with van der Waals surface area (Å²) in [5.41, 5.74) is 4.91. The van der Waals surface area contributed by atoms with Gasteiger partial charge in [0, 0.05) is 66.6 Å². The summed E-state index contributed by atoms with van der Waals surface area (Å²) < 4.78 is 0. The number of piperidine rings is 1. The highest BCUT2D eigenvalue weighted by Crippen LogP contribution is 2.32. The first-order valence-electron chi connectivity index (χ1n) is 18.3. The van der Waals surface area contributed by atoms with E-state index >= 15 is 0 Å². The molecule has 0 radical (unpaired) electrons. The van der Waals surface area contributed by atoms with Crippen molar-refractivity contribution in [2.75, 3.05) is 29.0 Å². The standard InChI is InChI=1S/C41H41ClN8O5/c42-35-25-32(18-22-45-35)48-41(55)47-31-17-21-43-30(24-31)14-13-27-9-7-10-28(23-27)38(52)46-20-6-4-2-1-3-5-19-44-33-12-8-11-29-26-50(40(54)37(29)33)34-15-16-36(51)49-39(34)53/h7-12,17-18,21-25,34,44H,1-6,15-16,19-20,26H2,(H,46,52)(H,49,51,53)(H2,43,45,47,48,55). The molecule has 4 aromatic rings. The smallest absolute Gasteiger partial charge is 0.323 e. The summed E-state index contributed by atoms with van der Waals surface area (Å²) in [7, 11) is 0. The van der Waals surface area contributed by atoms with Crippen molar-refractivity contribution in [2.24, 2.45) is 0 Å². The molecule has 2 aliphatic heterocycles. The average molecular weight is 761 g/mol. The van der Waals surface area contributed by atoms with Gasteiger partial charge in [-0.25, -0.2) is 14.8 Å². The Balaban J connectivity index is 0.862. The molecule has 0 saturated carbocycles. The summed E-state index contributed by atoms with van der Waals surface area (Å²) in [5.74, 6) is 4.98. The number of anilines is 3. The summed E-state index contributed by atoms with van der Waals surface area (Å²) in [6, 6.07) is 18.2. The van der Waals surface area contributed by atoms with E-state index in [2.05, 4.69) is 48.4 Å². The third-order valence-corrected chi connectivity index (χ3v) is 9.43. The summed E-state index contributed by atoms with van der Waals surface area (Å²) in [6.07, 6.45) is 9.58. The number of fused-ring (bicyclic) bond motifs is 1. The van der Waals surface area contributed by atoms with Crippen molar-refractivity contribution in [3.8, 4) is 11.8 Å². The largest absolute Gasteiger partial charge is 0.384 e. The number of amides is 6. The van der Waals surface area contributed by atoms with Gasteiger partial charge < -0.3 is 26.2 Å². The zero-order valence-electron chi connectivity index (χ0n) is 30.1. The van der Waals surface area contributed by atoms with E-state index in [1.165, 1.54) is 12.3 Å². The molecule has 6 amide bonds. The predicted octanol–water partition coefficient (Wildman–Crippen LogP) is 6.12. The van der Waals surface area contributed by atoms with Gasteiger partial charge in [-0.2, -0.15) is 0 Å². The van der Waals surface area contributed by atoms with Crippen LogP contribution in [0.3, 0.4) is 0 Å². The van der Waals surface area contributed by atoms with Gasteiger partial charge in [-0.3, -0.25) is 24.5 Å². The molecule has 1 atom stereocenters. The van der Waals surface area contributed by atoms with E-state index in [1.54, 1.807) is 47.5 Å². The van der Waals surface area contributed by atoms with Gasteiger partial charge in [-0.1, -0.05) is 61.4 Å². The molecule has 6 rings (SSSR count). The number of imide groups is 1. The van der Waals surface area contributed by atoms with Crippen LogP contribution in [0.1, 0.15) is 88.9 Å². The van der Waals surface area contributed by atoms with Gasteiger partial charge in [0.15, 0.2) is 0 Å². The summed E-state index contributed by atoms with van der Waals surface area (Å²) >= 11 is 5.87. The van der Waals surface area contributed by atoms with Crippen LogP contribution in [0.15, 0.2) is 79.1 Å². The fourth-order valence-electron chi connectivity index (χ4n) is 6.47. The molecular formula is C41H41ClN8O5. The minimum atomic E-state index is -0.627. The Morgan fingerprint density at radius 3 is 2.35 bits per heavy atom. The summed E-state index contributed by atoms with van der Waals surface area (Å²) in [5, 5.41) is 14.4. The first kappa shape index (κ1) is 38.5. The molecule has 2 aromatic heterocycles. The molecule has 0 spiro atoms. The molecular weight excluding hydrogens is 720 g/mol. The molecule has 2 aliphatic rings. The van der Waals surface area contributed by atoms with Crippen molar-refractivity contribution in [3.63, 3.8) is 0 Å². The highest BCUT2D eigenvalue weighted by Gasteiger charge is 2.40. The molecule has 1 saturated heterocycles. The number of hydrogen-bond donors (Lipinski definition) is 5. The van der Waals surface area contributed by atoms with Crippen molar-refractivity contribution < 1.29 is 24.0 Å². The number of unbranched alkanes of at least 4 members (excludes halogenated alkanes) is 5. The second-order valence-electron chi connectivity index (χ2n) is 13.3. The van der Waals surface area contributed by atoms with E-state index < -0.39 is 18.0 Å². The van der Waals surface area contributed by atoms with Crippen LogP contribution < -0.4 is 26.6 Å². The molecule has 13 nitrogen and oxygen atoms in total. The SMILES string of the molecule is O=C1CCC(N2Cc3cccc(NCCCCCCCCNC(=O)c4cccc(C#Cc5cc(NC(=O)Nc6ccnc(Cl)c6)ccn5)c4)c3C2=O)C(=O)N1. The van der Waals surface area contributed by atoms with Crippen molar-refractivity contribution in [1.29, 1.82) is 0 Å². The van der Waals surface area contributed by atoms with E-state index in [-0.39, 0.29) is 29.3 Å². The van der Waals surface area contributed by atoms with Gasteiger partial charge in [0.1, 0.15) is 16.9 Å². The second kappa shape index (κ2) is 18.7. The van der Waals surface area contributed by atoms with Crippen molar-refractivity contribution in [2.45, 2.75) is 64.0 Å². The van der Waals surface area contributed by atoms with Gasteiger partial charge in [0.05, 0.1) is 5.56 Å². The number of carbonyl (C=O) groups excluding carboxylic acids is 5. The average Bonchev–Trinajstić information content (AvgIpc) is 3.51. The van der Waals surface area contributed by atoms with Gasteiger partial charge >= 0.3 is 6.03 Å². The molecule has 1 unspecified atom stereocenters. The van der Waals surface area contributed by atoms with Crippen LogP contribution in [0.5, 0.6) is 0 Å². The first-order valence-corrected chi connectivity index (χ1v) is 18.7. The third kappa shape index (κ3) is 10.7. The maximum atomic E-state index is 13.3. The molecule has 2 aromatic carbocycles. The fraction of sp³-hybridized carbons (Fsp3) is 0.293. The predicted molar refractivity (Wildman–Crippen MR) is 210 cm³/mol. The summed E-state index contributed by atoms with van der Waals surface area (Å²) in [4.78, 5) is 72.1. The quantitative estimate of drug-likeness (QED) is 0.0443. The third-order valence-electron chi connectivity index (χ3n) is 9.22. The Morgan fingerprint density at radius 2 is 1.56 bits per heavy atom. The lowest BCUT2D eigenvalue weighted by Crippen LogP contribution is -2.52. The Morgan fingerprint density at radius 1 is 0.836 bits per heavy atom. The Hall–Kier alpha value is -6.26. The number of benzene rings is 2. The maximum absolute atomic E-state index is 13.3. The first-order chi connectivity index (χ1) is 26.7. The van der Waals surface area contributed by atoms with Crippen LogP contribution in [0.4, 0.5) is 21.9 Å². The lowest BCUT2D eigenvalue weighted by molar-refractivity contribution is -0.136. The molecule has 282 valence electrons. The molecule has 14 heteroatoms. The van der Waals surface area contributed by atoms with E-state index in [0.717, 1.165) is 56.3 Å². The molecule has 55 heavy (non-hydrogen) atoms. The lowest BCUT2D eigenvalue weighted by atomic mass is 10.0. The number of urea groups is 1. The van der Waals surface area contributed by atoms with Gasteiger partial charge in [0.25, 0.3) is 11.8 Å². The van der Waals surface area contributed by atoms with Crippen LogP contribution >= 0.6 is 11.6 Å². The van der Waals surface area contributed by atoms with Crippen molar-refractivity contribution in [1.82, 2.24) is 25.5 Å². The molecule has 5 N–H and O–H groups in total. The van der Waals surface area contributed by atoms with Crippen LogP contribution in [0.2, 0.25) is 5.15 Å². The highest BCUT2D eigenvalue weighted by atomic mass is 35.5. The highest BCUT2D eigenvalue weighted by molar-refractivity contribution is 6.29. The van der Waals surface area contributed by atoms with Crippen molar-refractivity contribution in [3.05, 3.63) is 112 Å². The van der Waals surface area contributed by atoms with Crippen LogP contribution in [0, 0.1) is 11.8 Å². The van der Waals surface area contributed by atoms with Gasteiger partial charge in [-0.05, 0) is 79.3 Å². The fourth-order valence-corrected chi connectivity index (χ4v) is 6.64. The second-order valence-corrected chi connectivity index (χ2v) is 13.6. The van der Waals surface area contributed by atoms with Gasteiger partial charge in [0.2, 0.25) is 11.8 Å².